The monoisotopic (exact) mass is 617 g/mol. The van der Waals surface area contributed by atoms with Gasteiger partial charge in [0, 0.05) is 22.8 Å². The molecule has 0 aromatic heterocycles. The van der Waals surface area contributed by atoms with E-state index in [1.807, 2.05) is 35.2 Å². The molecule has 5 rings (SSSR count). The number of nitrogens with zero attached hydrogens (tertiary/aromatic N) is 2. The summed E-state index contributed by atoms with van der Waals surface area (Å²) in [4.78, 5) is 18.2. The van der Waals surface area contributed by atoms with E-state index >= 15 is 0 Å². The standard InChI is InChI=1S/C37H48ClN3O3/c1-7-24(2)44-35-22-33-29(20-34(35)43-6)21-36(42)41(37(33)28-10-14-30(38)15-11-28)32-18-12-27(13-19-32)25(3)39-23-26-8-16-31(17-9-26)40(4)5/h10-15,18-20,22,24-26,31,37,39H,7-9,16-17,21,23H2,1-6H3/t24-,25?,26?,31?,37?/m1/s1. The SMILES string of the molecule is CC[C@@H](C)Oc1cc2c(cc1OC)CC(=O)N(c1ccc(C(C)NCC3CCC(N(C)C)CC3)cc1)C2c1ccc(Cl)cc1. The van der Waals surface area contributed by atoms with Gasteiger partial charge in [0.05, 0.1) is 25.7 Å². The quantitative estimate of drug-likeness (QED) is 0.236. The molecule has 236 valence electrons. The molecule has 1 aliphatic carbocycles. The number of hydrogen-bond donors (Lipinski definition) is 1. The van der Waals surface area contributed by atoms with Crippen LogP contribution in [0.3, 0.4) is 0 Å². The molecule has 1 fully saturated rings. The van der Waals surface area contributed by atoms with Crippen molar-refractivity contribution in [2.45, 2.75) is 83.5 Å². The Morgan fingerprint density at radius 2 is 1.66 bits per heavy atom. The molecule has 3 atom stereocenters. The number of benzene rings is 3. The van der Waals surface area contributed by atoms with E-state index in [1.165, 1.54) is 31.2 Å². The summed E-state index contributed by atoms with van der Waals surface area (Å²) in [7, 11) is 6.03. The van der Waals surface area contributed by atoms with Gasteiger partial charge in [-0.1, -0.05) is 42.8 Å². The summed E-state index contributed by atoms with van der Waals surface area (Å²) in [6.45, 7) is 7.42. The summed E-state index contributed by atoms with van der Waals surface area (Å²) in [5.41, 5.74) is 5.07. The average Bonchev–Trinajstić information content (AvgIpc) is 3.03. The number of carbonyl (C=O) groups is 1. The van der Waals surface area contributed by atoms with Gasteiger partial charge in [-0.05, 0) is 131 Å². The highest BCUT2D eigenvalue weighted by Gasteiger charge is 2.36. The van der Waals surface area contributed by atoms with Crippen LogP contribution in [-0.4, -0.2) is 50.7 Å². The van der Waals surface area contributed by atoms with Crippen LogP contribution in [0.2, 0.25) is 5.02 Å². The molecule has 0 saturated heterocycles. The summed E-state index contributed by atoms with van der Waals surface area (Å²) in [6, 6.07) is 20.9. The predicted molar refractivity (Wildman–Crippen MR) is 180 cm³/mol. The lowest BCUT2D eigenvalue weighted by atomic mass is 9.85. The number of hydrogen-bond acceptors (Lipinski definition) is 5. The molecule has 3 aromatic rings. The third kappa shape index (κ3) is 7.25. The molecule has 1 heterocycles. The second-order valence-electron chi connectivity index (χ2n) is 12.8. The topological polar surface area (TPSA) is 54.0 Å². The minimum Gasteiger partial charge on any atom is -0.493 e. The van der Waals surface area contributed by atoms with Crippen LogP contribution in [-0.2, 0) is 11.2 Å². The van der Waals surface area contributed by atoms with Crippen molar-refractivity contribution < 1.29 is 14.3 Å². The molecule has 0 bridgehead atoms. The Balaban J connectivity index is 1.40. The van der Waals surface area contributed by atoms with E-state index in [-0.39, 0.29) is 30.5 Å². The Morgan fingerprint density at radius 1 is 0.977 bits per heavy atom. The minimum atomic E-state index is -0.326. The van der Waals surface area contributed by atoms with Gasteiger partial charge < -0.3 is 24.6 Å². The van der Waals surface area contributed by atoms with Crippen LogP contribution >= 0.6 is 11.6 Å². The Morgan fingerprint density at radius 3 is 2.27 bits per heavy atom. The highest BCUT2D eigenvalue weighted by Crippen LogP contribution is 2.44. The maximum atomic E-state index is 13.9. The van der Waals surface area contributed by atoms with Gasteiger partial charge in [-0.3, -0.25) is 4.79 Å². The lowest BCUT2D eigenvalue weighted by Crippen LogP contribution is -2.41. The van der Waals surface area contributed by atoms with E-state index in [9.17, 15) is 4.79 Å². The average molecular weight is 618 g/mol. The fourth-order valence-electron chi connectivity index (χ4n) is 6.63. The van der Waals surface area contributed by atoms with Crippen molar-refractivity contribution in [3.8, 4) is 11.5 Å². The Kier molecular flexibility index (Phi) is 10.6. The molecule has 44 heavy (non-hydrogen) atoms. The summed E-state index contributed by atoms with van der Waals surface area (Å²) >= 11 is 6.29. The normalized spacial score (nSPS) is 21.6. The van der Waals surface area contributed by atoms with Crippen LogP contribution in [0.15, 0.2) is 60.7 Å². The van der Waals surface area contributed by atoms with Gasteiger partial charge in [-0.15, -0.1) is 0 Å². The van der Waals surface area contributed by atoms with Crippen LogP contribution in [0.1, 0.15) is 87.2 Å². The number of anilines is 1. The van der Waals surface area contributed by atoms with E-state index in [0.717, 1.165) is 47.3 Å². The Labute approximate surface area is 268 Å². The first-order valence-corrected chi connectivity index (χ1v) is 16.5. The van der Waals surface area contributed by atoms with Crippen molar-refractivity contribution in [2.75, 3.05) is 32.6 Å². The summed E-state index contributed by atoms with van der Waals surface area (Å²) in [5.74, 6) is 2.12. The van der Waals surface area contributed by atoms with E-state index in [4.69, 9.17) is 21.1 Å². The van der Waals surface area contributed by atoms with E-state index in [0.29, 0.717) is 16.5 Å². The molecule has 1 amide bonds. The van der Waals surface area contributed by atoms with Gasteiger partial charge in [-0.25, -0.2) is 0 Å². The zero-order valence-electron chi connectivity index (χ0n) is 27.1. The second kappa shape index (κ2) is 14.4. The molecule has 1 saturated carbocycles. The van der Waals surface area contributed by atoms with Crippen LogP contribution in [0, 0.1) is 5.92 Å². The zero-order chi connectivity index (χ0) is 31.4. The molecule has 2 unspecified atom stereocenters. The third-order valence-electron chi connectivity index (χ3n) is 9.61. The molecule has 0 radical (unpaired) electrons. The van der Waals surface area contributed by atoms with Crippen molar-refractivity contribution in [2.24, 2.45) is 5.92 Å². The van der Waals surface area contributed by atoms with Crippen LogP contribution in [0.25, 0.3) is 0 Å². The van der Waals surface area contributed by atoms with Crippen molar-refractivity contribution in [1.29, 1.82) is 0 Å². The number of nitrogens with one attached hydrogen (secondary N) is 1. The van der Waals surface area contributed by atoms with E-state index in [1.54, 1.807) is 7.11 Å². The highest BCUT2D eigenvalue weighted by atomic mass is 35.5. The van der Waals surface area contributed by atoms with Crippen LogP contribution in [0.4, 0.5) is 5.69 Å². The van der Waals surface area contributed by atoms with Crippen molar-refractivity contribution in [3.63, 3.8) is 0 Å². The van der Waals surface area contributed by atoms with Gasteiger partial charge in [0.25, 0.3) is 0 Å². The first-order chi connectivity index (χ1) is 21.2. The number of rotatable bonds is 11. The molecular weight excluding hydrogens is 570 g/mol. The highest BCUT2D eigenvalue weighted by molar-refractivity contribution is 6.30. The van der Waals surface area contributed by atoms with Gasteiger partial charge in [0.15, 0.2) is 11.5 Å². The predicted octanol–water partition coefficient (Wildman–Crippen LogP) is 7.98. The number of carbonyl (C=O) groups excluding carboxylic acids is 1. The smallest absolute Gasteiger partial charge is 0.232 e. The molecular formula is C37H48ClN3O3. The Bertz CT molecular complexity index is 1400. The molecule has 0 spiro atoms. The number of methoxy groups -OCH3 is 1. The first-order valence-electron chi connectivity index (χ1n) is 16.1. The van der Waals surface area contributed by atoms with Crippen molar-refractivity contribution in [1.82, 2.24) is 10.2 Å². The molecule has 6 nitrogen and oxygen atoms in total. The summed E-state index contributed by atoms with van der Waals surface area (Å²) in [5, 5.41) is 4.44. The maximum Gasteiger partial charge on any atom is 0.232 e. The molecule has 2 aliphatic rings. The van der Waals surface area contributed by atoms with E-state index in [2.05, 4.69) is 75.4 Å². The lowest BCUT2D eigenvalue weighted by molar-refractivity contribution is -0.118. The summed E-state index contributed by atoms with van der Waals surface area (Å²) in [6.07, 6.45) is 6.32. The maximum absolute atomic E-state index is 13.9. The van der Waals surface area contributed by atoms with Crippen molar-refractivity contribution >= 4 is 23.2 Å². The third-order valence-corrected chi connectivity index (χ3v) is 9.86. The summed E-state index contributed by atoms with van der Waals surface area (Å²) < 4.78 is 12.0. The number of ether oxygens (including phenoxy) is 2. The van der Waals surface area contributed by atoms with Gasteiger partial charge in [0.2, 0.25) is 5.91 Å². The van der Waals surface area contributed by atoms with Gasteiger partial charge in [0.1, 0.15) is 0 Å². The first kappa shape index (κ1) is 32.3. The number of amides is 1. The lowest BCUT2D eigenvalue weighted by Gasteiger charge is -2.38. The van der Waals surface area contributed by atoms with Crippen molar-refractivity contribution in [3.05, 3.63) is 87.9 Å². The molecule has 1 aliphatic heterocycles. The van der Waals surface area contributed by atoms with Gasteiger partial charge in [-0.2, -0.15) is 0 Å². The number of halogens is 1. The van der Waals surface area contributed by atoms with E-state index < -0.39 is 0 Å². The van der Waals surface area contributed by atoms with Crippen LogP contribution < -0.4 is 19.7 Å². The molecule has 1 N–H and O–H groups in total. The molecule has 7 heteroatoms. The number of fused-ring (bicyclic) bond motifs is 1. The van der Waals surface area contributed by atoms with Crippen LogP contribution in [0.5, 0.6) is 11.5 Å². The molecule has 3 aromatic carbocycles. The fourth-order valence-corrected chi connectivity index (χ4v) is 6.75. The minimum absolute atomic E-state index is 0.0356. The zero-order valence-corrected chi connectivity index (χ0v) is 27.9. The fraction of sp³-hybridized carbons (Fsp3) is 0.486. The second-order valence-corrected chi connectivity index (χ2v) is 13.2. The Hall–Kier alpha value is -3.06. The van der Waals surface area contributed by atoms with Gasteiger partial charge >= 0.3 is 0 Å². The largest absolute Gasteiger partial charge is 0.493 e.